The van der Waals surface area contributed by atoms with E-state index in [0.29, 0.717) is 37.4 Å². The van der Waals surface area contributed by atoms with Gasteiger partial charge in [0, 0.05) is 26.1 Å². The van der Waals surface area contributed by atoms with Crippen molar-refractivity contribution in [1.29, 1.82) is 0 Å². The van der Waals surface area contributed by atoms with Crippen molar-refractivity contribution in [3.63, 3.8) is 0 Å². The predicted molar refractivity (Wildman–Crippen MR) is 120 cm³/mol. The third-order valence-electron chi connectivity index (χ3n) is 5.90. The van der Waals surface area contributed by atoms with Gasteiger partial charge in [-0.15, -0.1) is 0 Å². The second-order valence-electron chi connectivity index (χ2n) is 9.62. The number of rotatable bonds is 7. The highest BCUT2D eigenvalue weighted by Gasteiger charge is 2.43. The number of hydrogen-bond donors (Lipinski definition) is 0. The first-order valence-electron chi connectivity index (χ1n) is 11.1. The predicted octanol–water partition coefficient (Wildman–Crippen LogP) is 3.30. The monoisotopic (exact) mass is 450 g/mol. The van der Waals surface area contributed by atoms with Crippen LogP contribution in [0.4, 0.5) is 5.69 Å². The van der Waals surface area contributed by atoms with Crippen LogP contribution in [0.3, 0.4) is 0 Å². The molecule has 0 bridgehead atoms. The van der Waals surface area contributed by atoms with Crippen molar-refractivity contribution in [3.8, 4) is 0 Å². The summed E-state index contributed by atoms with van der Waals surface area (Å²) in [7, 11) is -3.87. The largest absolute Gasteiger partial charge is 0.459 e. The van der Waals surface area contributed by atoms with E-state index in [1.807, 2.05) is 13.0 Å². The zero-order chi connectivity index (χ0) is 22.8. The molecule has 0 aromatic heterocycles. The van der Waals surface area contributed by atoms with E-state index in [4.69, 9.17) is 4.74 Å². The molecule has 31 heavy (non-hydrogen) atoms. The Morgan fingerprint density at radius 1 is 1.23 bits per heavy atom. The van der Waals surface area contributed by atoms with E-state index in [1.165, 1.54) is 4.31 Å². The van der Waals surface area contributed by atoms with Crippen LogP contribution in [0.15, 0.2) is 23.1 Å². The number of sulfonamides is 1. The maximum absolute atomic E-state index is 13.7. The fraction of sp³-hybridized carbons (Fsp3) is 0.652. The van der Waals surface area contributed by atoms with Gasteiger partial charge in [0.1, 0.15) is 22.8 Å². The first kappa shape index (κ1) is 23.7. The van der Waals surface area contributed by atoms with Crippen LogP contribution in [0, 0.1) is 12.8 Å². The summed E-state index contributed by atoms with van der Waals surface area (Å²) in [6.45, 7) is 9.09. The quantitative estimate of drug-likeness (QED) is 0.468. The number of esters is 1. The summed E-state index contributed by atoms with van der Waals surface area (Å²) >= 11 is 0. The molecule has 0 aliphatic carbocycles. The van der Waals surface area contributed by atoms with E-state index < -0.39 is 27.6 Å². The Hall–Kier alpha value is -1.93. The lowest BCUT2D eigenvalue weighted by molar-refractivity contribution is -0.158. The van der Waals surface area contributed by atoms with E-state index in [9.17, 15) is 18.0 Å². The van der Waals surface area contributed by atoms with Gasteiger partial charge >= 0.3 is 5.97 Å². The molecule has 2 saturated heterocycles. The van der Waals surface area contributed by atoms with Crippen LogP contribution >= 0.6 is 0 Å². The van der Waals surface area contributed by atoms with Crippen LogP contribution in [-0.2, 0) is 24.3 Å². The van der Waals surface area contributed by atoms with Crippen molar-refractivity contribution in [1.82, 2.24) is 4.31 Å². The second kappa shape index (κ2) is 9.28. The van der Waals surface area contributed by atoms with E-state index in [0.717, 1.165) is 37.8 Å². The molecule has 0 unspecified atom stereocenters. The van der Waals surface area contributed by atoms with Crippen LogP contribution < -0.4 is 4.90 Å². The first-order valence-corrected chi connectivity index (χ1v) is 12.5. The van der Waals surface area contributed by atoms with Crippen molar-refractivity contribution in [3.05, 3.63) is 23.8 Å². The average molecular weight is 451 g/mol. The van der Waals surface area contributed by atoms with Gasteiger partial charge in [-0.3, -0.25) is 4.79 Å². The third-order valence-corrected chi connectivity index (χ3v) is 7.86. The Kier molecular flexibility index (Phi) is 7.11. The molecule has 2 aliphatic rings. The molecule has 7 nitrogen and oxygen atoms in total. The molecular formula is C23H34N2O5S. The number of carbonyl (C=O) groups excluding carboxylic acids is 2. The summed E-state index contributed by atoms with van der Waals surface area (Å²) in [5.74, 6) is -0.111. The van der Waals surface area contributed by atoms with Crippen molar-refractivity contribution in [2.75, 3.05) is 24.5 Å². The number of anilines is 1. The Labute approximate surface area is 185 Å². The molecule has 1 aromatic rings. The minimum absolute atomic E-state index is 0.240. The second-order valence-corrected chi connectivity index (χ2v) is 11.5. The Morgan fingerprint density at radius 3 is 2.65 bits per heavy atom. The molecule has 2 aliphatic heterocycles. The number of benzene rings is 1. The number of ether oxygens (including phenoxy) is 1. The molecule has 172 valence electrons. The molecule has 2 heterocycles. The Bertz CT molecular complexity index is 922. The van der Waals surface area contributed by atoms with Crippen LogP contribution in [0.25, 0.3) is 0 Å². The Balaban J connectivity index is 1.89. The maximum atomic E-state index is 13.7. The number of carbonyl (C=O) groups is 2. The summed E-state index contributed by atoms with van der Waals surface area (Å²) in [5.41, 5.74) is 0.995. The van der Waals surface area contributed by atoms with Gasteiger partial charge in [-0.25, -0.2) is 8.42 Å². The van der Waals surface area contributed by atoms with Gasteiger partial charge < -0.3 is 14.4 Å². The molecule has 2 fully saturated rings. The minimum atomic E-state index is -3.87. The normalized spacial score (nSPS) is 22.6. The van der Waals surface area contributed by atoms with Crippen LogP contribution in [0.5, 0.6) is 0 Å². The van der Waals surface area contributed by atoms with Crippen LogP contribution in [-0.4, -0.2) is 56.3 Å². The fourth-order valence-corrected chi connectivity index (χ4v) is 6.28. The van der Waals surface area contributed by atoms with Crippen molar-refractivity contribution in [2.24, 2.45) is 5.92 Å². The van der Waals surface area contributed by atoms with Crippen LogP contribution in [0.2, 0.25) is 0 Å². The number of aldehydes is 1. The summed E-state index contributed by atoms with van der Waals surface area (Å²) in [6.07, 6.45) is 4.32. The summed E-state index contributed by atoms with van der Waals surface area (Å²) < 4.78 is 34.2. The van der Waals surface area contributed by atoms with Gasteiger partial charge in [0.05, 0.1) is 5.69 Å². The highest BCUT2D eigenvalue weighted by Crippen LogP contribution is 2.36. The van der Waals surface area contributed by atoms with Crippen molar-refractivity contribution < 1.29 is 22.7 Å². The molecular weight excluding hydrogens is 416 g/mol. The molecule has 0 N–H and O–H groups in total. The molecule has 1 aromatic carbocycles. The molecule has 0 amide bonds. The Morgan fingerprint density at radius 2 is 1.97 bits per heavy atom. The van der Waals surface area contributed by atoms with Gasteiger partial charge in [0.15, 0.2) is 0 Å². The molecule has 2 atom stereocenters. The summed E-state index contributed by atoms with van der Waals surface area (Å²) in [5, 5.41) is 0. The minimum Gasteiger partial charge on any atom is -0.459 e. The lowest BCUT2D eigenvalue weighted by Gasteiger charge is -2.29. The smallest absolute Gasteiger partial charge is 0.324 e. The number of aryl methyl sites for hydroxylation is 1. The lowest BCUT2D eigenvalue weighted by atomic mass is 10.0. The van der Waals surface area contributed by atoms with Crippen molar-refractivity contribution in [2.45, 2.75) is 76.3 Å². The van der Waals surface area contributed by atoms with Gasteiger partial charge in [0.25, 0.3) is 0 Å². The summed E-state index contributed by atoms with van der Waals surface area (Å²) in [6, 6.07) is 4.57. The van der Waals surface area contributed by atoms with E-state index in [1.54, 1.807) is 32.9 Å². The van der Waals surface area contributed by atoms with Gasteiger partial charge in [-0.05, 0) is 77.0 Å². The molecule has 3 rings (SSSR count). The highest BCUT2D eigenvalue weighted by molar-refractivity contribution is 7.89. The lowest BCUT2D eigenvalue weighted by Crippen LogP contribution is -2.43. The zero-order valence-corrected chi connectivity index (χ0v) is 19.8. The molecule has 0 radical (unpaired) electrons. The number of nitrogens with zero attached hydrogens (tertiary/aromatic N) is 2. The first-order chi connectivity index (χ1) is 14.5. The van der Waals surface area contributed by atoms with Gasteiger partial charge in [0.2, 0.25) is 10.0 Å². The highest BCUT2D eigenvalue weighted by atomic mass is 32.2. The van der Waals surface area contributed by atoms with E-state index in [-0.39, 0.29) is 4.90 Å². The zero-order valence-electron chi connectivity index (χ0n) is 19.0. The SMILES string of the molecule is Cc1ccc(S(=O)(=O)N2CCC[C@H]2C(=O)OC(C)(C)C)c(N2CC[C@@H](CCC=O)C2)c1. The molecule has 0 spiro atoms. The van der Waals surface area contributed by atoms with E-state index in [2.05, 4.69) is 4.90 Å². The standard InChI is InChI=1S/C23H34N2O5S/c1-17-9-10-21(20(15-17)24-13-11-18(16-24)7-6-14-26)31(28,29)25-12-5-8-19(25)22(27)30-23(2,3)4/h9-10,14-15,18-19H,5-8,11-13,16H2,1-4H3/t18-,19+/m1/s1. The van der Waals surface area contributed by atoms with Crippen LogP contribution in [0.1, 0.15) is 58.4 Å². The van der Waals surface area contributed by atoms with Crippen molar-refractivity contribution >= 4 is 28.0 Å². The third kappa shape index (κ3) is 5.47. The average Bonchev–Trinajstić information content (AvgIpc) is 3.34. The molecule has 0 saturated carbocycles. The van der Waals surface area contributed by atoms with E-state index >= 15 is 0 Å². The van der Waals surface area contributed by atoms with Gasteiger partial charge in [-0.2, -0.15) is 4.31 Å². The number of hydrogen-bond acceptors (Lipinski definition) is 6. The molecule has 8 heteroatoms. The fourth-order valence-electron chi connectivity index (χ4n) is 4.44. The van der Waals surface area contributed by atoms with Gasteiger partial charge in [-0.1, -0.05) is 6.07 Å². The summed E-state index contributed by atoms with van der Waals surface area (Å²) in [4.78, 5) is 25.8. The topological polar surface area (TPSA) is 84.0 Å². The maximum Gasteiger partial charge on any atom is 0.324 e.